The number of aliphatic hydroxyl groups is 1. The van der Waals surface area contributed by atoms with Crippen LogP contribution in [0.25, 0.3) is 0 Å². The number of allylic oxidation sites excluding steroid dienone is 1. The molecule has 0 aromatic heterocycles. The van der Waals surface area contributed by atoms with Gasteiger partial charge in [-0.25, -0.2) is 0 Å². The summed E-state index contributed by atoms with van der Waals surface area (Å²) in [5.74, 6) is 0. The van der Waals surface area contributed by atoms with Crippen LogP contribution in [-0.4, -0.2) is 16.9 Å². The van der Waals surface area contributed by atoms with Crippen molar-refractivity contribution in [3.05, 3.63) is 24.4 Å². The Morgan fingerprint density at radius 2 is 2.08 bits per heavy atom. The molecule has 2 heteroatoms. The van der Waals surface area contributed by atoms with Gasteiger partial charge in [0.15, 0.2) is 0 Å². The largest absolute Gasteiger partial charge is 0.385 e. The summed E-state index contributed by atoms with van der Waals surface area (Å²) in [6, 6.07) is 0. The minimum absolute atomic E-state index is 0.580. The first-order chi connectivity index (χ1) is 6.13. The van der Waals surface area contributed by atoms with Gasteiger partial charge in [-0.2, -0.15) is 0 Å². The Bertz CT molecular complexity index is 216. The van der Waals surface area contributed by atoms with Gasteiger partial charge in [-0.15, -0.1) is 6.58 Å². The second-order valence-electron chi connectivity index (χ2n) is 2.94. The van der Waals surface area contributed by atoms with E-state index in [1.165, 1.54) is 6.08 Å². The van der Waals surface area contributed by atoms with E-state index in [0.717, 1.165) is 24.3 Å². The number of aliphatic hydroxyl groups excluding tert-OH is 1. The minimum Gasteiger partial charge on any atom is -0.385 e. The lowest BCUT2D eigenvalue weighted by molar-refractivity contribution is 0.271. The lowest BCUT2D eigenvalue weighted by atomic mass is 10.2. The highest BCUT2D eigenvalue weighted by molar-refractivity contribution is 5.82. The van der Waals surface area contributed by atoms with Gasteiger partial charge in [-0.3, -0.25) is 4.99 Å². The lowest BCUT2D eigenvalue weighted by Gasteiger charge is -2.02. The number of nitrogens with zero attached hydrogens (tertiary/aromatic N) is 1. The van der Waals surface area contributed by atoms with Crippen molar-refractivity contribution in [2.75, 3.05) is 0 Å². The SMILES string of the molecule is C=CC(O)/C=C(/CC)N=C(C)CC. The van der Waals surface area contributed by atoms with Crippen LogP contribution in [0.5, 0.6) is 0 Å². The zero-order valence-corrected chi connectivity index (χ0v) is 8.75. The highest BCUT2D eigenvalue weighted by Gasteiger charge is 1.96. The molecule has 0 rings (SSSR count). The summed E-state index contributed by atoms with van der Waals surface area (Å²) in [5, 5.41) is 9.28. The van der Waals surface area contributed by atoms with E-state index < -0.39 is 6.10 Å². The molecule has 0 fully saturated rings. The van der Waals surface area contributed by atoms with Gasteiger partial charge in [0.2, 0.25) is 0 Å². The Morgan fingerprint density at radius 3 is 2.46 bits per heavy atom. The Balaban J connectivity index is 4.50. The Morgan fingerprint density at radius 1 is 1.46 bits per heavy atom. The molecule has 0 aliphatic carbocycles. The molecule has 0 amide bonds. The molecule has 0 spiro atoms. The minimum atomic E-state index is -0.580. The van der Waals surface area contributed by atoms with E-state index in [1.807, 2.05) is 13.8 Å². The molecule has 1 unspecified atom stereocenters. The molecule has 1 atom stereocenters. The highest BCUT2D eigenvalue weighted by Crippen LogP contribution is 2.06. The van der Waals surface area contributed by atoms with Gasteiger partial charge in [0.25, 0.3) is 0 Å². The van der Waals surface area contributed by atoms with Gasteiger partial charge in [0, 0.05) is 11.4 Å². The van der Waals surface area contributed by atoms with Crippen molar-refractivity contribution in [1.82, 2.24) is 0 Å². The topological polar surface area (TPSA) is 32.6 Å². The van der Waals surface area contributed by atoms with Crippen molar-refractivity contribution < 1.29 is 5.11 Å². The molecule has 0 radical (unpaired) electrons. The average Bonchev–Trinajstić information content (AvgIpc) is 2.16. The third-order valence-corrected chi connectivity index (χ3v) is 1.81. The van der Waals surface area contributed by atoms with Crippen molar-refractivity contribution in [2.24, 2.45) is 4.99 Å². The molecule has 13 heavy (non-hydrogen) atoms. The summed E-state index contributed by atoms with van der Waals surface area (Å²) in [6.07, 6.45) is 4.42. The first kappa shape index (κ1) is 12.1. The molecular formula is C11H19NO. The fourth-order valence-corrected chi connectivity index (χ4v) is 0.824. The van der Waals surface area contributed by atoms with Crippen LogP contribution in [-0.2, 0) is 0 Å². The van der Waals surface area contributed by atoms with E-state index in [2.05, 4.69) is 18.5 Å². The standard InChI is InChI=1S/C11H19NO/c1-5-9(4)12-10(6-2)8-11(13)7-3/h7-8,11,13H,3,5-6H2,1-2,4H3/b10-8-,12-9?. The van der Waals surface area contributed by atoms with E-state index in [4.69, 9.17) is 0 Å². The molecule has 0 aliphatic heterocycles. The lowest BCUT2D eigenvalue weighted by Crippen LogP contribution is -1.98. The Labute approximate surface area is 80.7 Å². The maximum absolute atomic E-state index is 9.28. The van der Waals surface area contributed by atoms with Crippen LogP contribution < -0.4 is 0 Å². The third kappa shape index (κ3) is 5.36. The molecule has 0 saturated carbocycles. The van der Waals surface area contributed by atoms with E-state index in [0.29, 0.717) is 0 Å². The molecule has 0 aromatic carbocycles. The molecule has 2 nitrogen and oxygen atoms in total. The average molecular weight is 181 g/mol. The van der Waals surface area contributed by atoms with Crippen LogP contribution in [0.4, 0.5) is 0 Å². The van der Waals surface area contributed by atoms with Crippen LogP contribution in [0.1, 0.15) is 33.6 Å². The molecule has 0 heterocycles. The quantitative estimate of drug-likeness (QED) is 0.513. The van der Waals surface area contributed by atoms with Gasteiger partial charge in [-0.05, 0) is 25.8 Å². The second kappa shape index (κ2) is 6.61. The molecule has 74 valence electrons. The smallest absolute Gasteiger partial charge is 0.0920 e. The van der Waals surface area contributed by atoms with E-state index in [9.17, 15) is 5.11 Å². The summed E-state index contributed by atoms with van der Waals surface area (Å²) >= 11 is 0. The van der Waals surface area contributed by atoms with Gasteiger partial charge < -0.3 is 5.11 Å². The van der Waals surface area contributed by atoms with Crippen molar-refractivity contribution >= 4 is 5.71 Å². The van der Waals surface area contributed by atoms with Crippen LogP contribution in [0.2, 0.25) is 0 Å². The summed E-state index contributed by atoms with van der Waals surface area (Å²) in [7, 11) is 0. The van der Waals surface area contributed by atoms with E-state index in [1.54, 1.807) is 6.08 Å². The Hall–Kier alpha value is -0.890. The summed E-state index contributed by atoms with van der Waals surface area (Å²) < 4.78 is 0. The van der Waals surface area contributed by atoms with Gasteiger partial charge in [0.1, 0.15) is 0 Å². The number of rotatable bonds is 5. The van der Waals surface area contributed by atoms with Crippen molar-refractivity contribution in [1.29, 1.82) is 0 Å². The molecule has 1 N–H and O–H groups in total. The van der Waals surface area contributed by atoms with Gasteiger partial charge >= 0.3 is 0 Å². The molecule has 0 saturated heterocycles. The van der Waals surface area contributed by atoms with Gasteiger partial charge in [-0.1, -0.05) is 19.9 Å². The van der Waals surface area contributed by atoms with Crippen LogP contribution in [0.15, 0.2) is 29.4 Å². The Kier molecular flexibility index (Phi) is 6.15. The number of hydrogen-bond donors (Lipinski definition) is 1. The van der Waals surface area contributed by atoms with Crippen LogP contribution in [0, 0.1) is 0 Å². The highest BCUT2D eigenvalue weighted by atomic mass is 16.3. The fraction of sp³-hybridized carbons (Fsp3) is 0.545. The number of aliphatic imine (C=N–C) groups is 1. The van der Waals surface area contributed by atoms with E-state index in [-0.39, 0.29) is 0 Å². The van der Waals surface area contributed by atoms with Crippen molar-refractivity contribution in [2.45, 2.75) is 39.7 Å². The number of hydrogen-bond acceptors (Lipinski definition) is 2. The molecule has 0 aliphatic rings. The van der Waals surface area contributed by atoms with Crippen LogP contribution >= 0.6 is 0 Å². The molecule has 0 aromatic rings. The summed E-state index contributed by atoms with van der Waals surface area (Å²) in [5.41, 5.74) is 2.01. The maximum Gasteiger partial charge on any atom is 0.0920 e. The normalized spacial score (nSPS) is 15.7. The van der Waals surface area contributed by atoms with Crippen molar-refractivity contribution in [3.63, 3.8) is 0 Å². The summed E-state index contributed by atoms with van der Waals surface area (Å²) in [6.45, 7) is 9.58. The molecular weight excluding hydrogens is 162 g/mol. The fourth-order valence-electron chi connectivity index (χ4n) is 0.824. The first-order valence-corrected chi connectivity index (χ1v) is 4.69. The predicted octanol–water partition coefficient (Wildman–Crippen LogP) is 2.70. The first-order valence-electron chi connectivity index (χ1n) is 4.69. The summed E-state index contributed by atoms with van der Waals surface area (Å²) in [4.78, 5) is 4.37. The maximum atomic E-state index is 9.28. The second-order valence-corrected chi connectivity index (χ2v) is 2.94. The predicted molar refractivity (Wildman–Crippen MR) is 58.0 cm³/mol. The zero-order valence-electron chi connectivity index (χ0n) is 8.75. The van der Waals surface area contributed by atoms with E-state index >= 15 is 0 Å². The van der Waals surface area contributed by atoms with Crippen LogP contribution in [0.3, 0.4) is 0 Å². The zero-order chi connectivity index (χ0) is 10.3. The van der Waals surface area contributed by atoms with Gasteiger partial charge in [0.05, 0.1) is 6.10 Å². The molecule has 0 bridgehead atoms. The third-order valence-electron chi connectivity index (χ3n) is 1.81. The van der Waals surface area contributed by atoms with Crippen molar-refractivity contribution in [3.8, 4) is 0 Å². The monoisotopic (exact) mass is 181 g/mol.